The molecule has 0 radical (unpaired) electrons. The van der Waals surface area contributed by atoms with E-state index in [0.29, 0.717) is 6.42 Å². The van der Waals surface area contributed by atoms with E-state index in [1.54, 1.807) is 6.07 Å². The zero-order valence-electron chi connectivity index (χ0n) is 13.8. The zero-order valence-corrected chi connectivity index (χ0v) is 14.7. The van der Waals surface area contributed by atoms with Crippen molar-refractivity contribution in [2.45, 2.75) is 51.3 Å². The van der Waals surface area contributed by atoms with Crippen LogP contribution in [0.4, 0.5) is 13.2 Å². The van der Waals surface area contributed by atoms with Gasteiger partial charge in [-0.15, -0.1) is 0 Å². The first-order valence-corrected chi connectivity index (χ1v) is 9.68. The van der Waals surface area contributed by atoms with Crippen LogP contribution in [0.1, 0.15) is 44.6 Å². The number of hydrogen-bond donors (Lipinski definition) is 0. The first-order valence-electron chi connectivity index (χ1n) is 7.86. The lowest BCUT2D eigenvalue weighted by Crippen LogP contribution is -2.19. The van der Waals surface area contributed by atoms with E-state index in [0.717, 1.165) is 31.6 Å². The third-order valence-corrected chi connectivity index (χ3v) is 3.98. The number of unbranched alkanes of at least 4 members (excludes halogenated alkanes) is 3. The van der Waals surface area contributed by atoms with E-state index < -0.39 is 28.0 Å². The van der Waals surface area contributed by atoms with Crippen molar-refractivity contribution in [2.24, 2.45) is 0 Å². The number of benzene rings is 1. The Morgan fingerprint density at radius 2 is 1.79 bits per heavy atom. The maximum absolute atomic E-state index is 13.4. The highest BCUT2D eigenvalue weighted by molar-refractivity contribution is 7.86. The molecule has 0 aromatic heterocycles. The first kappa shape index (κ1) is 20.7. The van der Waals surface area contributed by atoms with E-state index in [4.69, 9.17) is 4.18 Å². The Balaban J connectivity index is 3.09. The Morgan fingerprint density at radius 1 is 1.17 bits per heavy atom. The predicted octanol–water partition coefficient (Wildman–Crippen LogP) is 4.95. The fourth-order valence-corrected chi connectivity index (χ4v) is 2.91. The minimum absolute atomic E-state index is 0.0133. The summed E-state index contributed by atoms with van der Waals surface area (Å²) in [6, 6.07) is 7.31. The normalized spacial score (nSPS) is 14.6. The monoisotopic (exact) mass is 364 g/mol. The average molecular weight is 364 g/mol. The van der Waals surface area contributed by atoms with Crippen molar-refractivity contribution in [2.75, 3.05) is 6.26 Å². The summed E-state index contributed by atoms with van der Waals surface area (Å²) in [5.74, 6) is 0. The average Bonchev–Trinajstić information content (AvgIpc) is 2.47. The highest BCUT2D eigenvalue weighted by Gasteiger charge is 2.35. The molecule has 0 amide bonds. The summed E-state index contributed by atoms with van der Waals surface area (Å²) in [5.41, 5.74) is -0.895. The van der Waals surface area contributed by atoms with Crippen LogP contribution in [0.15, 0.2) is 36.4 Å². The van der Waals surface area contributed by atoms with Gasteiger partial charge in [-0.25, -0.2) is 0 Å². The van der Waals surface area contributed by atoms with E-state index in [1.807, 2.05) is 6.92 Å². The summed E-state index contributed by atoms with van der Waals surface area (Å²) in [6.07, 6.45) is -0.439. The topological polar surface area (TPSA) is 43.4 Å². The molecular weight excluding hydrogens is 341 g/mol. The molecule has 0 N–H and O–H groups in total. The lowest BCUT2D eigenvalue weighted by molar-refractivity contribution is -0.0694. The highest BCUT2D eigenvalue weighted by atomic mass is 32.2. The largest absolute Gasteiger partial charge is 0.416 e. The zero-order chi connectivity index (χ0) is 18.2. The molecule has 0 aliphatic heterocycles. The summed E-state index contributed by atoms with van der Waals surface area (Å²) in [7, 11) is -3.85. The second-order valence-corrected chi connectivity index (χ2v) is 7.23. The molecule has 1 unspecified atom stereocenters. The Bertz CT molecular complexity index is 622. The van der Waals surface area contributed by atoms with Crippen LogP contribution >= 0.6 is 0 Å². The van der Waals surface area contributed by atoms with E-state index in [-0.39, 0.29) is 12.0 Å². The van der Waals surface area contributed by atoms with Crippen molar-refractivity contribution < 1.29 is 25.8 Å². The van der Waals surface area contributed by atoms with Crippen molar-refractivity contribution in [3.8, 4) is 0 Å². The molecule has 0 bridgehead atoms. The number of halogens is 3. The van der Waals surface area contributed by atoms with Gasteiger partial charge in [-0.3, -0.25) is 4.18 Å². The van der Waals surface area contributed by atoms with Crippen LogP contribution in [0.5, 0.6) is 0 Å². The molecule has 0 saturated carbocycles. The molecule has 7 heteroatoms. The van der Waals surface area contributed by atoms with Crippen LogP contribution in [0.3, 0.4) is 0 Å². The quantitative estimate of drug-likeness (QED) is 0.460. The number of allylic oxidation sites excluding steroid dienone is 1. The van der Waals surface area contributed by atoms with E-state index in [2.05, 4.69) is 0 Å². The van der Waals surface area contributed by atoms with Gasteiger partial charge in [0.05, 0.1) is 17.9 Å². The van der Waals surface area contributed by atoms with E-state index in [9.17, 15) is 21.6 Å². The molecule has 0 fully saturated rings. The molecule has 0 heterocycles. The molecule has 0 aliphatic carbocycles. The fraction of sp³-hybridized carbons (Fsp3) is 0.529. The molecule has 0 saturated heterocycles. The maximum Gasteiger partial charge on any atom is 0.416 e. The molecule has 1 aromatic carbocycles. The lowest BCUT2D eigenvalue weighted by Gasteiger charge is -2.17. The van der Waals surface area contributed by atoms with Crippen molar-refractivity contribution >= 4 is 15.7 Å². The van der Waals surface area contributed by atoms with Gasteiger partial charge in [0, 0.05) is 0 Å². The minimum atomic E-state index is -4.59. The Kier molecular flexibility index (Phi) is 7.96. The van der Waals surface area contributed by atoms with Gasteiger partial charge >= 0.3 is 6.18 Å². The van der Waals surface area contributed by atoms with Gasteiger partial charge in [0.15, 0.2) is 0 Å². The standard InChI is InChI=1S/C17H23F3O3S/c1-3-4-5-9-12-15(23-24(2,21)22)13-16(17(18,19)20)14-10-7-6-8-11-14/h6-8,10-11,13,15H,3-5,9,12H2,1-2H3/b16-13+. The van der Waals surface area contributed by atoms with Gasteiger partial charge in [-0.05, 0) is 18.1 Å². The highest BCUT2D eigenvalue weighted by Crippen LogP contribution is 2.35. The number of rotatable bonds is 9. The second-order valence-electron chi connectivity index (χ2n) is 5.63. The lowest BCUT2D eigenvalue weighted by atomic mass is 10.0. The van der Waals surface area contributed by atoms with Crippen molar-refractivity contribution in [3.63, 3.8) is 0 Å². The molecule has 24 heavy (non-hydrogen) atoms. The summed E-state index contributed by atoms with van der Waals surface area (Å²) in [4.78, 5) is 0. The van der Waals surface area contributed by atoms with Crippen molar-refractivity contribution in [1.29, 1.82) is 0 Å². The molecule has 0 aliphatic rings. The SMILES string of the molecule is CCCCCCC(/C=C(\c1ccccc1)C(F)(F)F)OS(C)(=O)=O. The molecule has 1 rings (SSSR count). The van der Waals surface area contributed by atoms with Gasteiger partial charge in [0.2, 0.25) is 0 Å². The summed E-state index contributed by atoms with van der Waals surface area (Å²) in [6.45, 7) is 2.02. The Labute approximate surface area is 141 Å². The fourth-order valence-electron chi connectivity index (χ4n) is 2.31. The third-order valence-electron chi connectivity index (χ3n) is 3.38. The van der Waals surface area contributed by atoms with Gasteiger partial charge in [0.25, 0.3) is 10.1 Å². The first-order chi connectivity index (χ1) is 11.1. The summed E-state index contributed by atoms with van der Waals surface area (Å²) >= 11 is 0. The molecule has 3 nitrogen and oxygen atoms in total. The van der Waals surface area contributed by atoms with Crippen LogP contribution in [-0.4, -0.2) is 27.0 Å². The van der Waals surface area contributed by atoms with Gasteiger partial charge in [-0.2, -0.15) is 21.6 Å². The molecule has 1 atom stereocenters. The van der Waals surface area contributed by atoms with Crippen molar-refractivity contribution in [1.82, 2.24) is 0 Å². The second kappa shape index (κ2) is 9.22. The van der Waals surface area contributed by atoms with Crippen LogP contribution in [0, 0.1) is 0 Å². The minimum Gasteiger partial charge on any atom is -0.263 e. The molecule has 0 spiro atoms. The Hall–Kier alpha value is -1.34. The van der Waals surface area contributed by atoms with Gasteiger partial charge in [-0.1, -0.05) is 62.9 Å². The number of alkyl halides is 3. The van der Waals surface area contributed by atoms with Gasteiger partial charge < -0.3 is 0 Å². The molecular formula is C17H23F3O3S. The molecule has 136 valence electrons. The Morgan fingerprint density at radius 3 is 2.29 bits per heavy atom. The summed E-state index contributed by atoms with van der Waals surface area (Å²) in [5, 5.41) is 0. The van der Waals surface area contributed by atoms with Gasteiger partial charge in [0.1, 0.15) is 0 Å². The van der Waals surface area contributed by atoms with Crippen LogP contribution in [-0.2, 0) is 14.3 Å². The van der Waals surface area contributed by atoms with Crippen LogP contribution in [0.25, 0.3) is 5.57 Å². The van der Waals surface area contributed by atoms with Crippen LogP contribution < -0.4 is 0 Å². The predicted molar refractivity (Wildman–Crippen MR) is 88.9 cm³/mol. The smallest absolute Gasteiger partial charge is 0.263 e. The van der Waals surface area contributed by atoms with Crippen molar-refractivity contribution in [3.05, 3.63) is 42.0 Å². The van der Waals surface area contributed by atoms with Crippen LogP contribution in [0.2, 0.25) is 0 Å². The maximum atomic E-state index is 13.4. The number of hydrogen-bond acceptors (Lipinski definition) is 3. The van der Waals surface area contributed by atoms with E-state index >= 15 is 0 Å². The third kappa shape index (κ3) is 7.97. The summed E-state index contributed by atoms with van der Waals surface area (Å²) < 4.78 is 67.7. The van der Waals surface area contributed by atoms with E-state index in [1.165, 1.54) is 24.3 Å². The molecule has 1 aromatic rings.